The Labute approximate surface area is 103 Å². The average molecular weight is 288 g/mol. The van der Waals surface area contributed by atoms with E-state index in [1.165, 1.54) is 0 Å². The Morgan fingerprint density at radius 1 is 1.56 bits per heavy atom. The minimum absolute atomic E-state index is 0.121. The Balaban J connectivity index is 2.53. The quantitative estimate of drug-likeness (QED) is 0.786. The van der Waals surface area contributed by atoms with Gasteiger partial charge in [-0.25, -0.2) is 0 Å². The van der Waals surface area contributed by atoms with Gasteiger partial charge in [0.15, 0.2) is 0 Å². The molecule has 4 nitrogen and oxygen atoms in total. The number of hydrogen-bond acceptors (Lipinski definition) is 3. The van der Waals surface area contributed by atoms with Gasteiger partial charge in [0.2, 0.25) is 0 Å². The molecule has 0 fully saturated rings. The molecule has 0 unspecified atom stereocenters. The zero-order chi connectivity index (χ0) is 12.0. The fourth-order valence-electron chi connectivity index (χ4n) is 1.34. The van der Waals surface area contributed by atoms with Crippen LogP contribution in [0.1, 0.15) is 12.0 Å². The summed E-state index contributed by atoms with van der Waals surface area (Å²) in [6, 6.07) is 5.76. The van der Waals surface area contributed by atoms with Gasteiger partial charge in [-0.2, -0.15) is 0 Å². The second kappa shape index (κ2) is 6.50. The summed E-state index contributed by atoms with van der Waals surface area (Å²) in [7, 11) is 1.61. The minimum atomic E-state index is -0.797. The van der Waals surface area contributed by atoms with Crippen molar-refractivity contribution < 1.29 is 14.6 Å². The summed E-state index contributed by atoms with van der Waals surface area (Å²) in [6.07, 6.45) is 0.121. The van der Waals surface area contributed by atoms with Gasteiger partial charge in [0, 0.05) is 18.7 Å². The third-order valence-electron chi connectivity index (χ3n) is 2.08. The molecule has 88 valence electrons. The van der Waals surface area contributed by atoms with Crippen LogP contribution in [0.4, 0.5) is 0 Å². The molecule has 0 aliphatic carbocycles. The van der Waals surface area contributed by atoms with Crippen LogP contribution in [0.25, 0.3) is 0 Å². The largest absolute Gasteiger partial charge is 0.495 e. The molecule has 5 heteroatoms. The van der Waals surface area contributed by atoms with Crippen LogP contribution in [0.3, 0.4) is 0 Å². The van der Waals surface area contributed by atoms with Gasteiger partial charge in [-0.05, 0) is 22.0 Å². The molecule has 0 atom stereocenters. The van der Waals surface area contributed by atoms with Gasteiger partial charge in [0.25, 0.3) is 0 Å². The second-order valence-corrected chi connectivity index (χ2v) is 4.11. The molecule has 0 bridgehead atoms. The van der Waals surface area contributed by atoms with Gasteiger partial charge in [-0.1, -0.05) is 12.1 Å². The molecule has 2 N–H and O–H groups in total. The fourth-order valence-corrected chi connectivity index (χ4v) is 1.91. The molecule has 1 aromatic carbocycles. The molecule has 1 rings (SSSR count). The molecule has 0 radical (unpaired) electrons. The molecule has 0 heterocycles. The lowest BCUT2D eigenvalue weighted by Crippen LogP contribution is -2.18. The van der Waals surface area contributed by atoms with E-state index in [0.29, 0.717) is 13.1 Å². The number of carboxylic acids is 1. The van der Waals surface area contributed by atoms with Crippen molar-refractivity contribution in [3.05, 3.63) is 28.2 Å². The third-order valence-corrected chi connectivity index (χ3v) is 2.71. The Morgan fingerprint density at radius 3 is 2.94 bits per heavy atom. The van der Waals surface area contributed by atoms with Crippen LogP contribution in [0, 0.1) is 0 Å². The summed E-state index contributed by atoms with van der Waals surface area (Å²) in [6.45, 7) is 1.04. The predicted molar refractivity (Wildman–Crippen MR) is 64.7 cm³/mol. The first-order valence-electron chi connectivity index (χ1n) is 4.89. The van der Waals surface area contributed by atoms with Crippen LogP contribution < -0.4 is 10.1 Å². The lowest BCUT2D eigenvalue weighted by atomic mass is 10.2. The van der Waals surface area contributed by atoms with Gasteiger partial charge >= 0.3 is 5.97 Å². The van der Waals surface area contributed by atoms with E-state index in [-0.39, 0.29) is 6.42 Å². The zero-order valence-electron chi connectivity index (χ0n) is 9.00. The number of nitrogens with one attached hydrogen (secondary N) is 1. The maximum Gasteiger partial charge on any atom is 0.304 e. The maximum absolute atomic E-state index is 10.3. The number of carboxylic acid groups (broad SMARTS) is 1. The molecule has 1 aromatic rings. The first-order valence-corrected chi connectivity index (χ1v) is 5.68. The molecule has 0 aromatic heterocycles. The van der Waals surface area contributed by atoms with E-state index in [1.807, 2.05) is 18.2 Å². The number of aliphatic carboxylic acids is 1. The normalized spacial score (nSPS) is 10.1. The van der Waals surface area contributed by atoms with Crippen LogP contribution in [-0.4, -0.2) is 24.7 Å². The van der Waals surface area contributed by atoms with E-state index in [4.69, 9.17) is 9.84 Å². The second-order valence-electron chi connectivity index (χ2n) is 3.25. The Hall–Kier alpha value is -1.07. The molecule has 0 aliphatic heterocycles. The number of para-hydroxylation sites is 1. The van der Waals surface area contributed by atoms with E-state index in [9.17, 15) is 4.79 Å². The number of carbonyl (C=O) groups is 1. The topological polar surface area (TPSA) is 58.6 Å². The lowest BCUT2D eigenvalue weighted by molar-refractivity contribution is -0.136. The molecule has 0 aliphatic rings. The number of hydrogen-bond donors (Lipinski definition) is 2. The summed E-state index contributed by atoms with van der Waals surface area (Å²) >= 11 is 3.39. The van der Waals surface area contributed by atoms with Crippen molar-refractivity contribution in [1.29, 1.82) is 0 Å². The molecule has 0 amide bonds. The van der Waals surface area contributed by atoms with Gasteiger partial charge in [-0.15, -0.1) is 0 Å². The maximum atomic E-state index is 10.3. The monoisotopic (exact) mass is 287 g/mol. The van der Waals surface area contributed by atoms with Crippen LogP contribution >= 0.6 is 15.9 Å². The zero-order valence-corrected chi connectivity index (χ0v) is 10.6. The van der Waals surface area contributed by atoms with Gasteiger partial charge in [0.05, 0.1) is 18.0 Å². The number of rotatable bonds is 6. The van der Waals surface area contributed by atoms with Crippen molar-refractivity contribution in [2.75, 3.05) is 13.7 Å². The summed E-state index contributed by atoms with van der Waals surface area (Å²) in [5.74, 6) is -0.0148. The predicted octanol–water partition coefficient (Wildman–Crippen LogP) is 2.02. The van der Waals surface area contributed by atoms with E-state index < -0.39 is 5.97 Å². The Morgan fingerprint density at radius 2 is 2.31 bits per heavy atom. The lowest BCUT2D eigenvalue weighted by Gasteiger charge is -2.10. The third kappa shape index (κ3) is 3.83. The first-order chi connectivity index (χ1) is 7.65. The standard InChI is InChI=1S/C11H14BrNO3/c1-16-11-8(3-2-4-9(11)12)7-13-6-5-10(14)15/h2-4,13H,5-7H2,1H3,(H,14,15). The molecule has 16 heavy (non-hydrogen) atoms. The summed E-state index contributed by atoms with van der Waals surface area (Å²) in [4.78, 5) is 10.3. The molecule has 0 saturated carbocycles. The van der Waals surface area contributed by atoms with Crippen LogP contribution in [0.2, 0.25) is 0 Å². The molecular weight excluding hydrogens is 274 g/mol. The highest BCUT2D eigenvalue weighted by molar-refractivity contribution is 9.10. The Bertz CT molecular complexity index is 368. The van der Waals surface area contributed by atoms with E-state index in [0.717, 1.165) is 15.8 Å². The van der Waals surface area contributed by atoms with E-state index in [1.54, 1.807) is 7.11 Å². The number of ether oxygens (including phenoxy) is 1. The number of halogens is 1. The summed E-state index contributed by atoms with van der Waals surface area (Å²) in [5, 5.41) is 11.5. The van der Waals surface area contributed by atoms with Crippen molar-refractivity contribution in [2.24, 2.45) is 0 Å². The smallest absolute Gasteiger partial charge is 0.304 e. The number of benzene rings is 1. The molecular formula is C11H14BrNO3. The first kappa shape index (κ1) is 13.0. The number of methoxy groups -OCH3 is 1. The highest BCUT2D eigenvalue weighted by Crippen LogP contribution is 2.28. The van der Waals surface area contributed by atoms with E-state index in [2.05, 4.69) is 21.2 Å². The van der Waals surface area contributed by atoms with Crippen molar-refractivity contribution in [2.45, 2.75) is 13.0 Å². The summed E-state index contributed by atoms with van der Waals surface area (Å²) in [5.41, 5.74) is 1.00. The van der Waals surface area contributed by atoms with E-state index >= 15 is 0 Å². The van der Waals surface area contributed by atoms with Gasteiger partial charge < -0.3 is 15.2 Å². The summed E-state index contributed by atoms with van der Waals surface area (Å²) < 4.78 is 6.15. The van der Waals surface area contributed by atoms with Gasteiger partial charge in [0.1, 0.15) is 5.75 Å². The fraction of sp³-hybridized carbons (Fsp3) is 0.364. The van der Waals surface area contributed by atoms with Crippen molar-refractivity contribution >= 4 is 21.9 Å². The van der Waals surface area contributed by atoms with Crippen molar-refractivity contribution in [1.82, 2.24) is 5.32 Å². The van der Waals surface area contributed by atoms with Crippen molar-refractivity contribution in [3.8, 4) is 5.75 Å². The highest BCUT2D eigenvalue weighted by atomic mass is 79.9. The van der Waals surface area contributed by atoms with Gasteiger partial charge in [-0.3, -0.25) is 4.79 Å². The Kier molecular flexibility index (Phi) is 5.28. The van der Waals surface area contributed by atoms with Crippen LogP contribution in [0.15, 0.2) is 22.7 Å². The highest BCUT2D eigenvalue weighted by Gasteiger charge is 2.06. The van der Waals surface area contributed by atoms with Crippen LogP contribution in [0.5, 0.6) is 5.75 Å². The van der Waals surface area contributed by atoms with Crippen molar-refractivity contribution in [3.63, 3.8) is 0 Å². The SMILES string of the molecule is COc1c(Br)cccc1CNCCC(=O)O. The minimum Gasteiger partial charge on any atom is -0.495 e. The molecule has 0 saturated heterocycles. The molecule has 0 spiro atoms. The van der Waals surface area contributed by atoms with Crippen LogP contribution in [-0.2, 0) is 11.3 Å². The average Bonchev–Trinajstić information content (AvgIpc) is 2.24.